The van der Waals surface area contributed by atoms with E-state index in [-0.39, 0.29) is 28.8 Å². The lowest BCUT2D eigenvalue weighted by molar-refractivity contribution is -0.384. The highest BCUT2D eigenvalue weighted by Gasteiger charge is 2.06. The van der Waals surface area contributed by atoms with Crippen LogP contribution in [0, 0.1) is 10.1 Å². The first-order valence-corrected chi connectivity index (χ1v) is 7.50. The summed E-state index contributed by atoms with van der Waals surface area (Å²) in [6.07, 6.45) is 0. The number of non-ortho nitro benzene ring substituents is 1. The third-order valence-corrected chi connectivity index (χ3v) is 3.40. The molecule has 26 heavy (non-hydrogen) atoms. The molecule has 3 aromatic carbocycles. The third kappa shape index (κ3) is 4.60. The van der Waals surface area contributed by atoms with Crippen molar-refractivity contribution < 1.29 is 19.9 Å². The van der Waals surface area contributed by atoms with Crippen LogP contribution >= 0.6 is 0 Å². The molecule has 0 aliphatic heterocycles. The molecule has 0 fully saturated rings. The van der Waals surface area contributed by atoms with Crippen molar-refractivity contribution >= 4 is 33.7 Å². The number of nitrogens with two attached hydrogens (primary N) is 1. The van der Waals surface area contributed by atoms with E-state index >= 15 is 0 Å². The number of nitro benzene ring substituents is 1. The van der Waals surface area contributed by atoms with Crippen LogP contribution in [0.1, 0.15) is 6.92 Å². The number of benzene rings is 3. The number of hydrogen-bond donors (Lipinski definition) is 4. The zero-order valence-electron chi connectivity index (χ0n) is 13.8. The highest BCUT2D eigenvalue weighted by atomic mass is 16.6. The van der Waals surface area contributed by atoms with Crippen molar-refractivity contribution in [1.29, 1.82) is 0 Å². The quantitative estimate of drug-likeness (QED) is 0.240. The Morgan fingerprint density at radius 2 is 1.85 bits per heavy atom. The van der Waals surface area contributed by atoms with Crippen molar-refractivity contribution in [2.45, 2.75) is 6.92 Å². The molecule has 0 aromatic heterocycles. The van der Waals surface area contributed by atoms with Gasteiger partial charge in [0.2, 0.25) is 5.91 Å². The number of phenols is 2. The van der Waals surface area contributed by atoms with Crippen LogP contribution in [0.3, 0.4) is 0 Å². The van der Waals surface area contributed by atoms with Crippen LogP contribution in [0.2, 0.25) is 0 Å². The van der Waals surface area contributed by atoms with E-state index in [0.29, 0.717) is 0 Å². The maximum absolute atomic E-state index is 11.0. The molecule has 8 nitrogen and oxygen atoms in total. The summed E-state index contributed by atoms with van der Waals surface area (Å²) in [7, 11) is 0. The highest BCUT2D eigenvalue weighted by molar-refractivity contribution is 6.01. The normalized spacial score (nSPS) is 9.88. The molecule has 0 aliphatic carbocycles. The molecule has 3 rings (SSSR count). The van der Waals surface area contributed by atoms with E-state index in [1.54, 1.807) is 12.1 Å². The fourth-order valence-corrected chi connectivity index (χ4v) is 2.21. The molecular weight excluding hydrogens is 338 g/mol. The maximum atomic E-state index is 11.0. The lowest BCUT2D eigenvalue weighted by Crippen LogP contribution is -2.05. The summed E-state index contributed by atoms with van der Waals surface area (Å²) in [6.45, 7) is 1.46. The summed E-state index contributed by atoms with van der Waals surface area (Å²) in [6, 6.07) is 14.2. The number of nitrogens with zero attached hydrogens (tertiary/aromatic N) is 1. The summed E-state index contributed by atoms with van der Waals surface area (Å²) in [5, 5.41) is 32.9. The Bertz CT molecular complexity index is 972. The molecular formula is C18H17N3O5. The van der Waals surface area contributed by atoms with Gasteiger partial charge in [0.05, 0.1) is 10.6 Å². The molecule has 0 heterocycles. The van der Waals surface area contributed by atoms with Gasteiger partial charge >= 0.3 is 0 Å². The fraction of sp³-hybridized carbons (Fsp3) is 0.0556. The van der Waals surface area contributed by atoms with Gasteiger partial charge in [-0.15, -0.1) is 0 Å². The zero-order valence-corrected chi connectivity index (χ0v) is 13.8. The SMILES string of the molecule is CC(=O)Nc1cccc2ccc(O)cc12.Nc1cc([N+](=O)[O-])ccc1O. The van der Waals surface area contributed by atoms with Gasteiger partial charge in [-0.2, -0.15) is 0 Å². The second kappa shape index (κ2) is 7.84. The lowest BCUT2D eigenvalue weighted by Gasteiger charge is -2.06. The smallest absolute Gasteiger partial charge is 0.271 e. The van der Waals surface area contributed by atoms with Crippen molar-refractivity contribution in [1.82, 2.24) is 0 Å². The van der Waals surface area contributed by atoms with E-state index in [1.807, 2.05) is 24.3 Å². The zero-order chi connectivity index (χ0) is 19.3. The first-order valence-electron chi connectivity index (χ1n) is 7.50. The van der Waals surface area contributed by atoms with E-state index in [2.05, 4.69) is 5.32 Å². The van der Waals surface area contributed by atoms with Crippen LogP contribution in [-0.2, 0) is 4.79 Å². The molecule has 0 aliphatic rings. The summed E-state index contributed by atoms with van der Waals surface area (Å²) in [5.41, 5.74) is 5.81. The maximum Gasteiger partial charge on any atom is 0.271 e. The molecule has 0 atom stereocenters. The van der Waals surface area contributed by atoms with Crippen molar-refractivity contribution in [2.75, 3.05) is 11.1 Å². The van der Waals surface area contributed by atoms with Gasteiger partial charge in [0, 0.05) is 30.1 Å². The lowest BCUT2D eigenvalue weighted by atomic mass is 10.1. The van der Waals surface area contributed by atoms with Gasteiger partial charge in [0.25, 0.3) is 5.69 Å². The van der Waals surface area contributed by atoms with Crippen molar-refractivity contribution in [3.63, 3.8) is 0 Å². The van der Waals surface area contributed by atoms with Crippen molar-refractivity contribution in [3.05, 3.63) is 64.7 Å². The van der Waals surface area contributed by atoms with E-state index in [4.69, 9.17) is 10.8 Å². The predicted molar refractivity (Wildman–Crippen MR) is 99.1 cm³/mol. The molecule has 1 amide bonds. The highest BCUT2D eigenvalue weighted by Crippen LogP contribution is 2.27. The van der Waals surface area contributed by atoms with Gasteiger partial charge < -0.3 is 21.3 Å². The van der Waals surface area contributed by atoms with Crippen LogP contribution < -0.4 is 11.1 Å². The summed E-state index contributed by atoms with van der Waals surface area (Å²) in [4.78, 5) is 20.5. The first-order chi connectivity index (χ1) is 12.3. The molecule has 134 valence electrons. The van der Waals surface area contributed by atoms with Crippen LogP contribution in [0.4, 0.5) is 17.1 Å². The minimum Gasteiger partial charge on any atom is -0.508 e. The predicted octanol–water partition coefficient (Wildman–Crippen LogP) is 3.39. The van der Waals surface area contributed by atoms with E-state index in [1.165, 1.54) is 19.1 Å². The Hall–Kier alpha value is -3.81. The number of carbonyl (C=O) groups is 1. The van der Waals surface area contributed by atoms with Gasteiger partial charge in [-0.1, -0.05) is 18.2 Å². The molecule has 0 radical (unpaired) electrons. The van der Waals surface area contributed by atoms with Crippen molar-refractivity contribution in [3.8, 4) is 11.5 Å². The summed E-state index contributed by atoms with van der Waals surface area (Å²) >= 11 is 0. The number of hydrogen-bond acceptors (Lipinski definition) is 6. The molecule has 0 saturated heterocycles. The minimum atomic E-state index is -0.574. The minimum absolute atomic E-state index is 0.0131. The van der Waals surface area contributed by atoms with Crippen LogP contribution in [-0.4, -0.2) is 21.0 Å². The average molecular weight is 355 g/mol. The molecule has 0 saturated carbocycles. The summed E-state index contributed by atoms with van der Waals surface area (Å²) < 4.78 is 0. The van der Waals surface area contributed by atoms with E-state index in [9.17, 15) is 20.0 Å². The topological polar surface area (TPSA) is 139 Å². The number of nitro groups is 1. The van der Waals surface area contributed by atoms with E-state index in [0.717, 1.165) is 22.5 Å². The van der Waals surface area contributed by atoms with Gasteiger partial charge in [-0.05, 0) is 29.7 Å². The number of nitrogens with one attached hydrogen (secondary N) is 1. The van der Waals surface area contributed by atoms with Crippen molar-refractivity contribution in [2.24, 2.45) is 0 Å². The van der Waals surface area contributed by atoms with Gasteiger partial charge in [-0.3, -0.25) is 14.9 Å². The van der Waals surface area contributed by atoms with Gasteiger partial charge in [0.15, 0.2) is 0 Å². The number of fused-ring (bicyclic) bond motifs is 1. The Balaban J connectivity index is 0.000000197. The number of phenolic OH excluding ortho intramolecular Hbond substituents is 2. The fourth-order valence-electron chi connectivity index (χ4n) is 2.21. The Morgan fingerprint density at radius 1 is 1.12 bits per heavy atom. The number of amides is 1. The Labute approximate surface area is 148 Å². The van der Waals surface area contributed by atoms with E-state index < -0.39 is 4.92 Å². The number of nitrogen functional groups attached to an aromatic ring is 1. The number of rotatable bonds is 2. The first kappa shape index (κ1) is 18.5. The Kier molecular flexibility index (Phi) is 5.59. The molecule has 0 bridgehead atoms. The third-order valence-electron chi connectivity index (χ3n) is 3.40. The van der Waals surface area contributed by atoms with Crippen LogP contribution in [0.5, 0.6) is 11.5 Å². The largest absolute Gasteiger partial charge is 0.508 e. The monoisotopic (exact) mass is 355 g/mol. The summed E-state index contributed by atoms with van der Waals surface area (Å²) in [5.74, 6) is -0.0678. The second-order valence-corrected chi connectivity index (χ2v) is 5.39. The Morgan fingerprint density at radius 3 is 2.46 bits per heavy atom. The average Bonchev–Trinajstić information content (AvgIpc) is 2.58. The van der Waals surface area contributed by atoms with Crippen LogP contribution in [0.25, 0.3) is 10.8 Å². The standard InChI is InChI=1S/C12H11NO2.C6H6N2O3/c1-8(14)13-12-4-2-3-9-5-6-10(15)7-11(9)12;7-5-3-4(8(10)11)1-2-6(5)9/h2-7,15H,1H3,(H,13,14);1-3,9H,7H2. The number of aromatic hydroxyl groups is 2. The van der Waals surface area contributed by atoms with Crippen LogP contribution in [0.15, 0.2) is 54.6 Å². The second-order valence-electron chi connectivity index (χ2n) is 5.39. The number of anilines is 2. The molecule has 0 spiro atoms. The van der Waals surface area contributed by atoms with Gasteiger partial charge in [-0.25, -0.2) is 0 Å². The number of carbonyl (C=O) groups excluding carboxylic acids is 1. The molecule has 0 unspecified atom stereocenters. The molecule has 8 heteroatoms. The molecule has 5 N–H and O–H groups in total. The molecule has 3 aromatic rings. The van der Waals surface area contributed by atoms with Gasteiger partial charge in [0.1, 0.15) is 11.5 Å².